The molecule has 0 radical (unpaired) electrons. The van der Waals surface area contributed by atoms with E-state index in [1.54, 1.807) is 0 Å². The topological polar surface area (TPSA) is 21.3 Å². The fourth-order valence-electron chi connectivity index (χ4n) is 10.6. The van der Waals surface area contributed by atoms with Gasteiger partial charge in [0.1, 0.15) is 11.2 Å². The summed E-state index contributed by atoms with van der Waals surface area (Å²) in [6.45, 7) is 11.4. The van der Waals surface area contributed by atoms with Crippen molar-refractivity contribution in [1.29, 1.82) is 0 Å². The molecule has 3 nitrogen and oxygen atoms in total. The Labute approximate surface area is 391 Å². The second kappa shape index (κ2) is 15.9. The molecule has 0 fully saturated rings. The van der Waals surface area contributed by atoms with Crippen LogP contribution in [0.15, 0.2) is 241 Å². The molecule has 0 unspecified atom stereocenters. The van der Waals surface area contributed by atoms with Crippen molar-refractivity contribution in [3.63, 3.8) is 0 Å². The Hall–Kier alpha value is -8.40. The molecule has 0 spiro atoms. The number of allylic oxidation sites excluding steroid dienone is 4. The van der Waals surface area contributed by atoms with E-state index >= 15 is 0 Å². The highest BCUT2D eigenvalue weighted by atomic mass is 16.3. The Morgan fingerprint density at radius 3 is 1.79 bits per heavy atom. The number of fused-ring (bicyclic) bond motifs is 9. The van der Waals surface area contributed by atoms with Gasteiger partial charge in [-0.15, -0.1) is 0 Å². The van der Waals surface area contributed by atoms with Crippen LogP contribution in [0.2, 0.25) is 0 Å². The van der Waals surface area contributed by atoms with Gasteiger partial charge in [-0.2, -0.15) is 0 Å². The minimum Gasteiger partial charge on any atom is -0.455 e. The van der Waals surface area contributed by atoms with Crippen LogP contribution in [-0.4, -0.2) is 4.57 Å². The smallest absolute Gasteiger partial charge is 0.143 e. The number of rotatable bonds is 9. The molecule has 9 aromatic carbocycles. The van der Waals surface area contributed by atoms with Gasteiger partial charge in [0.2, 0.25) is 0 Å². The number of anilines is 2. The van der Waals surface area contributed by atoms with Crippen LogP contribution in [0.3, 0.4) is 0 Å². The van der Waals surface area contributed by atoms with Gasteiger partial charge in [-0.05, 0) is 106 Å². The summed E-state index contributed by atoms with van der Waals surface area (Å²) in [6, 6.07) is 74.2. The van der Waals surface area contributed by atoms with Crippen molar-refractivity contribution in [2.75, 3.05) is 4.90 Å². The zero-order valence-electron chi connectivity index (χ0n) is 37.9. The Morgan fingerprint density at radius 2 is 1.06 bits per heavy atom. The van der Waals surface area contributed by atoms with Crippen LogP contribution < -0.4 is 4.90 Å². The van der Waals surface area contributed by atoms with E-state index < -0.39 is 0 Å². The lowest BCUT2D eigenvalue weighted by Gasteiger charge is -2.29. The molecule has 1 aliphatic rings. The first-order valence-electron chi connectivity index (χ1n) is 23.1. The monoisotopic (exact) mass is 860 g/mol. The van der Waals surface area contributed by atoms with E-state index in [0.717, 1.165) is 67.0 Å². The normalized spacial score (nSPS) is 13.2. The molecule has 2 heterocycles. The number of hydrogen-bond acceptors (Lipinski definition) is 2. The number of benzene rings is 9. The van der Waals surface area contributed by atoms with Crippen molar-refractivity contribution in [3.05, 3.63) is 253 Å². The molecule has 0 aliphatic heterocycles. The first-order valence-corrected chi connectivity index (χ1v) is 23.1. The second-order valence-corrected chi connectivity index (χ2v) is 18.1. The number of nitrogens with zero attached hydrogens (tertiary/aromatic N) is 2. The SMILES string of the molecule is C=C(/C=C\C(=C/C)N(c1ccc(-c2ccccc2)cc1)c1ccc2c(c1)C(C)(C)c1ccccc1-2)c1cccc2c1oc1c(-c3ccc(-n4c5ccccc5c5ccccc54)cc3)cccc12. The molecule has 12 rings (SSSR count). The van der Waals surface area contributed by atoms with Crippen molar-refractivity contribution >= 4 is 60.7 Å². The van der Waals surface area contributed by atoms with Crippen LogP contribution in [0.25, 0.3) is 88.4 Å². The largest absolute Gasteiger partial charge is 0.455 e. The fourth-order valence-corrected chi connectivity index (χ4v) is 10.6. The highest BCUT2D eigenvalue weighted by Crippen LogP contribution is 2.50. The highest BCUT2D eigenvalue weighted by molar-refractivity contribution is 6.12. The minimum atomic E-state index is -0.132. The van der Waals surface area contributed by atoms with Gasteiger partial charge in [0.15, 0.2) is 0 Å². The van der Waals surface area contributed by atoms with Gasteiger partial charge in [0.05, 0.1) is 11.0 Å². The minimum absolute atomic E-state index is 0.132. The van der Waals surface area contributed by atoms with Gasteiger partial charge < -0.3 is 13.9 Å². The van der Waals surface area contributed by atoms with Crippen molar-refractivity contribution in [3.8, 4) is 39.1 Å². The summed E-state index contributed by atoms with van der Waals surface area (Å²) < 4.78 is 9.29. The lowest BCUT2D eigenvalue weighted by Crippen LogP contribution is -2.18. The van der Waals surface area contributed by atoms with E-state index in [2.05, 4.69) is 261 Å². The Morgan fingerprint density at radius 1 is 0.493 bits per heavy atom. The van der Waals surface area contributed by atoms with E-state index in [1.165, 1.54) is 55.2 Å². The lowest BCUT2D eigenvalue weighted by molar-refractivity contribution is 0.660. The summed E-state index contributed by atoms with van der Waals surface area (Å²) in [5.41, 5.74) is 20.0. The van der Waals surface area contributed by atoms with E-state index in [0.29, 0.717) is 0 Å². The third-order valence-corrected chi connectivity index (χ3v) is 14.0. The van der Waals surface area contributed by atoms with Crippen molar-refractivity contribution < 1.29 is 4.42 Å². The molecule has 0 atom stereocenters. The van der Waals surface area contributed by atoms with E-state index in [9.17, 15) is 0 Å². The van der Waals surface area contributed by atoms with Crippen LogP contribution in [-0.2, 0) is 5.41 Å². The number of hydrogen-bond donors (Lipinski definition) is 0. The van der Waals surface area contributed by atoms with Crippen LogP contribution in [0.5, 0.6) is 0 Å². The molecule has 67 heavy (non-hydrogen) atoms. The molecular formula is C64H48N2O. The molecule has 0 bridgehead atoms. The molecule has 3 heteroatoms. The Kier molecular flexibility index (Phi) is 9.55. The number of furan rings is 1. The maximum absolute atomic E-state index is 6.94. The number of aromatic nitrogens is 1. The van der Waals surface area contributed by atoms with Gasteiger partial charge >= 0.3 is 0 Å². The molecule has 320 valence electrons. The standard InChI is InChI=1S/C64H48N2O/c1-5-46(65(47-35-30-44(31-36-47)43-17-7-6-8-18-43)49-39-40-53-52-19-9-12-26-58(52)64(3,4)59(53)41-49)34-29-42(2)50-22-15-24-56-57-25-16-23-51(63(57)67-62(50)56)45-32-37-48(38-33-45)66-60-27-13-10-20-54(60)55-21-11-14-28-61(55)66/h5-41H,2H2,1,3-4H3/b34-29-,46-5+. The van der Waals surface area contributed by atoms with E-state index in [-0.39, 0.29) is 5.41 Å². The molecular weight excluding hydrogens is 813 g/mol. The zero-order valence-corrected chi connectivity index (χ0v) is 37.9. The summed E-state index contributed by atoms with van der Waals surface area (Å²) in [7, 11) is 0. The second-order valence-electron chi connectivity index (χ2n) is 18.1. The van der Waals surface area contributed by atoms with Crippen molar-refractivity contribution in [2.45, 2.75) is 26.2 Å². The van der Waals surface area contributed by atoms with Crippen molar-refractivity contribution in [1.82, 2.24) is 4.57 Å². The molecule has 0 saturated heterocycles. The lowest BCUT2D eigenvalue weighted by atomic mass is 9.82. The molecule has 11 aromatic rings. The van der Waals surface area contributed by atoms with Crippen LogP contribution >= 0.6 is 0 Å². The third-order valence-electron chi connectivity index (χ3n) is 14.0. The molecule has 2 aromatic heterocycles. The quantitative estimate of drug-likeness (QED) is 0.135. The third kappa shape index (κ3) is 6.57. The van der Waals surface area contributed by atoms with Crippen LogP contribution in [0.1, 0.15) is 37.5 Å². The van der Waals surface area contributed by atoms with Gasteiger partial charge in [-0.25, -0.2) is 0 Å². The average molecular weight is 861 g/mol. The first-order chi connectivity index (χ1) is 32.9. The molecule has 0 N–H and O–H groups in total. The zero-order chi connectivity index (χ0) is 45.2. The van der Waals surface area contributed by atoms with Crippen LogP contribution in [0.4, 0.5) is 11.4 Å². The molecule has 1 aliphatic carbocycles. The maximum Gasteiger partial charge on any atom is 0.143 e. The fraction of sp³-hybridized carbons (Fsp3) is 0.0625. The van der Waals surface area contributed by atoms with Crippen LogP contribution in [0, 0.1) is 0 Å². The Balaban J connectivity index is 0.898. The van der Waals surface area contributed by atoms with Crippen molar-refractivity contribution in [2.24, 2.45) is 0 Å². The van der Waals surface area contributed by atoms with Gasteiger partial charge in [-0.1, -0.05) is 190 Å². The Bertz CT molecular complexity index is 3730. The predicted molar refractivity (Wildman–Crippen MR) is 283 cm³/mol. The highest BCUT2D eigenvalue weighted by Gasteiger charge is 2.35. The maximum atomic E-state index is 6.94. The van der Waals surface area contributed by atoms with E-state index in [4.69, 9.17) is 4.42 Å². The first kappa shape index (κ1) is 40.1. The summed E-state index contributed by atoms with van der Waals surface area (Å²) in [4.78, 5) is 2.36. The number of para-hydroxylation sites is 4. The predicted octanol–water partition coefficient (Wildman–Crippen LogP) is 17.6. The summed E-state index contributed by atoms with van der Waals surface area (Å²) >= 11 is 0. The summed E-state index contributed by atoms with van der Waals surface area (Å²) in [5.74, 6) is 0. The summed E-state index contributed by atoms with van der Waals surface area (Å²) in [5, 5.41) is 4.66. The average Bonchev–Trinajstić information content (AvgIpc) is 4.01. The summed E-state index contributed by atoms with van der Waals surface area (Å²) in [6.07, 6.45) is 6.50. The molecule has 0 amide bonds. The van der Waals surface area contributed by atoms with Gasteiger partial charge in [0.25, 0.3) is 0 Å². The van der Waals surface area contributed by atoms with Gasteiger partial charge in [0, 0.05) is 60.8 Å². The molecule has 0 saturated carbocycles. The van der Waals surface area contributed by atoms with Gasteiger partial charge in [-0.3, -0.25) is 0 Å². The van der Waals surface area contributed by atoms with E-state index in [1.807, 2.05) is 0 Å².